The van der Waals surface area contributed by atoms with E-state index in [0.717, 1.165) is 6.54 Å². The maximum absolute atomic E-state index is 12.8. The molecule has 0 aromatic heterocycles. The van der Waals surface area contributed by atoms with Gasteiger partial charge in [-0.2, -0.15) is 0 Å². The molecule has 0 fully saturated rings. The van der Waals surface area contributed by atoms with Crippen molar-refractivity contribution in [2.45, 2.75) is 25.7 Å². The predicted molar refractivity (Wildman–Crippen MR) is 96.6 cm³/mol. The molecule has 24 heavy (non-hydrogen) atoms. The average Bonchev–Trinajstić information content (AvgIpc) is 2.50. The van der Waals surface area contributed by atoms with Crippen molar-refractivity contribution in [3.05, 3.63) is 29.8 Å². The number of hydrogen-bond acceptors (Lipinski definition) is 4. The van der Waals surface area contributed by atoms with Gasteiger partial charge in [0.1, 0.15) is 0 Å². The van der Waals surface area contributed by atoms with Crippen molar-refractivity contribution in [3.63, 3.8) is 0 Å². The number of rotatable bonds is 9. The van der Waals surface area contributed by atoms with Crippen LogP contribution in [0.5, 0.6) is 0 Å². The molecular formula is C17H29N3O3S. The lowest BCUT2D eigenvalue weighted by molar-refractivity contribution is 0.0724. The van der Waals surface area contributed by atoms with E-state index in [1.54, 1.807) is 24.0 Å². The Balaban J connectivity index is 3.05. The van der Waals surface area contributed by atoms with Gasteiger partial charge in [-0.1, -0.05) is 26.8 Å². The molecule has 1 aromatic rings. The molecule has 0 unspecified atom stereocenters. The van der Waals surface area contributed by atoms with Crippen molar-refractivity contribution >= 4 is 15.9 Å². The van der Waals surface area contributed by atoms with Gasteiger partial charge >= 0.3 is 0 Å². The fraction of sp³-hybridized carbons (Fsp3) is 0.588. The Labute approximate surface area is 145 Å². The standard InChI is InChI=1S/C17H29N3O3S/c1-6-18-24(22,23)16-9-7-8-15(12-16)17(21)20(13-14(2)3)11-10-19(4)5/h7-9,12,14,18H,6,10-11,13H2,1-5H3. The fourth-order valence-electron chi connectivity index (χ4n) is 2.29. The third-order valence-electron chi connectivity index (χ3n) is 3.42. The molecule has 1 amide bonds. The predicted octanol–water partition coefficient (Wildman–Crippen LogP) is 1.64. The van der Waals surface area contributed by atoms with Crippen LogP contribution in [-0.2, 0) is 10.0 Å². The van der Waals surface area contributed by atoms with Crippen LogP contribution < -0.4 is 4.72 Å². The van der Waals surface area contributed by atoms with E-state index < -0.39 is 10.0 Å². The number of nitrogens with one attached hydrogen (secondary N) is 1. The van der Waals surface area contributed by atoms with Crippen molar-refractivity contribution in [3.8, 4) is 0 Å². The third kappa shape index (κ3) is 6.22. The zero-order valence-electron chi connectivity index (χ0n) is 15.2. The second-order valence-corrected chi connectivity index (χ2v) is 8.24. The Hall–Kier alpha value is -1.44. The van der Waals surface area contributed by atoms with Crippen molar-refractivity contribution in [1.29, 1.82) is 0 Å². The van der Waals surface area contributed by atoms with Crippen LogP contribution in [-0.4, -0.2) is 64.4 Å². The van der Waals surface area contributed by atoms with E-state index in [1.165, 1.54) is 12.1 Å². The molecule has 7 heteroatoms. The molecule has 0 radical (unpaired) electrons. The molecule has 0 aliphatic rings. The molecule has 1 aromatic carbocycles. The van der Waals surface area contributed by atoms with Crippen LogP contribution >= 0.6 is 0 Å². The molecule has 0 atom stereocenters. The second kappa shape index (κ2) is 9.15. The molecule has 136 valence electrons. The lowest BCUT2D eigenvalue weighted by Gasteiger charge is -2.26. The summed E-state index contributed by atoms with van der Waals surface area (Å²) in [6, 6.07) is 6.22. The van der Waals surface area contributed by atoms with Gasteiger partial charge in [0.05, 0.1) is 4.90 Å². The van der Waals surface area contributed by atoms with Crippen LogP contribution in [0.4, 0.5) is 0 Å². The minimum Gasteiger partial charge on any atom is -0.337 e. The minimum atomic E-state index is -3.57. The van der Waals surface area contributed by atoms with Gasteiger partial charge in [-0.15, -0.1) is 0 Å². The Morgan fingerprint density at radius 1 is 1.21 bits per heavy atom. The zero-order valence-corrected chi connectivity index (χ0v) is 16.1. The van der Waals surface area contributed by atoms with E-state index in [0.29, 0.717) is 31.1 Å². The van der Waals surface area contributed by atoms with Gasteiger partial charge in [0, 0.05) is 31.7 Å². The minimum absolute atomic E-state index is 0.118. The molecule has 0 heterocycles. The highest BCUT2D eigenvalue weighted by Crippen LogP contribution is 2.14. The monoisotopic (exact) mass is 355 g/mol. The summed E-state index contributed by atoms with van der Waals surface area (Å²) in [5, 5.41) is 0. The van der Waals surface area contributed by atoms with Gasteiger partial charge < -0.3 is 9.80 Å². The summed E-state index contributed by atoms with van der Waals surface area (Å²) >= 11 is 0. The summed E-state index contributed by atoms with van der Waals surface area (Å²) < 4.78 is 26.7. The molecule has 0 spiro atoms. The molecule has 1 N–H and O–H groups in total. The number of benzene rings is 1. The van der Waals surface area contributed by atoms with Crippen molar-refractivity contribution in [2.75, 3.05) is 40.3 Å². The Kier molecular flexibility index (Phi) is 7.86. The van der Waals surface area contributed by atoms with E-state index in [1.807, 2.05) is 19.0 Å². The summed E-state index contributed by atoms with van der Waals surface area (Å²) in [6.07, 6.45) is 0. The number of hydrogen-bond donors (Lipinski definition) is 1. The maximum atomic E-state index is 12.8. The highest BCUT2D eigenvalue weighted by atomic mass is 32.2. The number of carbonyl (C=O) groups excluding carboxylic acids is 1. The van der Waals surface area contributed by atoms with E-state index in [9.17, 15) is 13.2 Å². The van der Waals surface area contributed by atoms with Gasteiger partial charge in [0.2, 0.25) is 10.0 Å². The lowest BCUT2D eigenvalue weighted by Crippen LogP contribution is -2.39. The first-order chi connectivity index (χ1) is 11.2. The molecule has 0 saturated carbocycles. The summed E-state index contributed by atoms with van der Waals surface area (Å²) in [5.41, 5.74) is 0.397. The zero-order chi connectivity index (χ0) is 18.3. The summed E-state index contributed by atoms with van der Waals surface area (Å²) in [7, 11) is 0.350. The number of sulfonamides is 1. The van der Waals surface area contributed by atoms with E-state index in [4.69, 9.17) is 0 Å². The van der Waals surface area contributed by atoms with Crippen LogP contribution in [0.3, 0.4) is 0 Å². The normalized spacial score (nSPS) is 12.0. The van der Waals surface area contributed by atoms with Crippen LogP contribution in [0.25, 0.3) is 0 Å². The number of amides is 1. The smallest absolute Gasteiger partial charge is 0.253 e. The van der Waals surface area contributed by atoms with Gasteiger partial charge in [-0.3, -0.25) is 4.79 Å². The lowest BCUT2D eigenvalue weighted by atomic mass is 10.1. The molecule has 1 rings (SSSR count). The Morgan fingerprint density at radius 3 is 2.42 bits per heavy atom. The Morgan fingerprint density at radius 2 is 1.88 bits per heavy atom. The summed E-state index contributed by atoms with van der Waals surface area (Å²) in [6.45, 7) is 8.14. The number of carbonyl (C=O) groups is 1. The van der Waals surface area contributed by atoms with Gasteiger partial charge in [-0.05, 0) is 38.2 Å². The van der Waals surface area contributed by atoms with E-state index >= 15 is 0 Å². The van der Waals surface area contributed by atoms with Gasteiger partial charge in [-0.25, -0.2) is 13.1 Å². The number of likely N-dealkylation sites (N-methyl/N-ethyl adjacent to an activating group) is 1. The van der Waals surface area contributed by atoms with E-state index in [-0.39, 0.29) is 10.8 Å². The SMILES string of the molecule is CCNS(=O)(=O)c1cccc(C(=O)N(CCN(C)C)CC(C)C)c1. The molecule has 6 nitrogen and oxygen atoms in total. The maximum Gasteiger partial charge on any atom is 0.253 e. The summed E-state index contributed by atoms with van der Waals surface area (Å²) in [4.78, 5) is 16.7. The Bertz CT molecular complexity index is 642. The first-order valence-electron chi connectivity index (χ1n) is 8.21. The molecule has 0 aliphatic carbocycles. The van der Waals surface area contributed by atoms with Crippen molar-refractivity contribution < 1.29 is 13.2 Å². The first-order valence-corrected chi connectivity index (χ1v) is 9.69. The molecule has 0 saturated heterocycles. The average molecular weight is 356 g/mol. The molecule has 0 aliphatic heterocycles. The molecular weight excluding hydrogens is 326 g/mol. The first kappa shape index (κ1) is 20.6. The van der Waals surface area contributed by atoms with Crippen LogP contribution in [0, 0.1) is 5.92 Å². The topological polar surface area (TPSA) is 69.7 Å². The second-order valence-electron chi connectivity index (χ2n) is 6.48. The third-order valence-corrected chi connectivity index (χ3v) is 4.96. The van der Waals surface area contributed by atoms with Crippen molar-refractivity contribution in [1.82, 2.24) is 14.5 Å². The molecule has 0 bridgehead atoms. The van der Waals surface area contributed by atoms with Crippen molar-refractivity contribution in [2.24, 2.45) is 5.92 Å². The van der Waals surface area contributed by atoms with Crippen LogP contribution in [0.1, 0.15) is 31.1 Å². The fourth-order valence-corrected chi connectivity index (χ4v) is 3.38. The highest BCUT2D eigenvalue weighted by Gasteiger charge is 2.20. The van der Waals surface area contributed by atoms with E-state index in [2.05, 4.69) is 18.6 Å². The largest absolute Gasteiger partial charge is 0.337 e. The number of nitrogens with zero attached hydrogens (tertiary/aromatic N) is 2. The summed E-state index contributed by atoms with van der Waals surface area (Å²) in [5.74, 6) is 0.198. The van der Waals surface area contributed by atoms with Crippen LogP contribution in [0.15, 0.2) is 29.2 Å². The highest BCUT2D eigenvalue weighted by molar-refractivity contribution is 7.89. The van der Waals surface area contributed by atoms with Gasteiger partial charge in [0.25, 0.3) is 5.91 Å². The van der Waals surface area contributed by atoms with Gasteiger partial charge in [0.15, 0.2) is 0 Å². The van der Waals surface area contributed by atoms with Crippen LogP contribution in [0.2, 0.25) is 0 Å². The quantitative estimate of drug-likeness (QED) is 0.731.